The van der Waals surface area contributed by atoms with Crippen molar-refractivity contribution in [1.82, 2.24) is 10.2 Å². The van der Waals surface area contributed by atoms with Crippen LogP contribution < -0.4 is 5.32 Å². The fraction of sp³-hybridized carbons (Fsp3) is 0.500. The Morgan fingerprint density at radius 1 is 1.22 bits per heavy atom. The van der Waals surface area contributed by atoms with E-state index in [0.29, 0.717) is 6.42 Å². The van der Waals surface area contributed by atoms with E-state index < -0.39 is 52.1 Å². The maximum atomic E-state index is 13.3. The molecule has 1 saturated heterocycles. The number of methoxy groups -OCH3 is 1. The first-order valence-corrected chi connectivity index (χ1v) is 11.3. The van der Waals surface area contributed by atoms with Crippen molar-refractivity contribution in [3.63, 3.8) is 0 Å². The second-order valence-corrected chi connectivity index (χ2v) is 9.71. The quantitative estimate of drug-likeness (QED) is 0.194. The zero-order valence-electron chi connectivity index (χ0n) is 20.5. The summed E-state index contributed by atoms with van der Waals surface area (Å²) in [5, 5.41) is 13.5. The number of amides is 2. The lowest BCUT2D eigenvalue weighted by atomic mass is 10.1. The number of nitrogens with zero attached hydrogens (tertiary/aromatic N) is 2. The Labute approximate surface area is 207 Å². The van der Waals surface area contributed by atoms with Crippen LogP contribution in [-0.2, 0) is 23.8 Å². The maximum absolute atomic E-state index is 13.3. The third-order valence-electron chi connectivity index (χ3n) is 5.98. The van der Waals surface area contributed by atoms with Crippen LogP contribution in [0.3, 0.4) is 0 Å². The SMILES string of the molecule is C=C[C@@H]1C[C@]1(NC(=O)[C@@H]1CC(OC(=O)c2ccc([N+](=O)[O-])cc2)CN1C(=O)OC(C)(C)C)C(=O)OC. The van der Waals surface area contributed by atoms with Crippen molar-refractivity contribution in [2.75, 3.05) is 13.7 Å². The molecule has 12 heteroatoms. The van der Waals surface area contributed by atoms with Gasteiger partial charge in [0.1, 0.15) is 23.3 Å². The molecule has 3 rings (SSSR count). The molecule has 0 bridgehead atoms. The van der Waals surface area contributed by atoms with E-state index in [1.165, 1.54) is 31.4 Å². The Morgan fingerprint density at radius 2 is 1.86 bits per heavy atom. The van der Waals surface area contributed by atoms with Gasteiger partial charge in [-0.15, -0.1) is 6.58 Å². The summed E-state index contributed by atoms with van der Waals surface area (Å²) in [5.74, 6) is -2.32. The fourth-order valence-corrected chi connectivity index (χ4v) is 4.08. The van der Waals surface area contributed by atoms with Gasteiger partial charge in [0.2, 0.25) is 5.91 Å². The third kappa shape index (κ3) is 5.64. The number of carbonyl (C=O) groups is 4. The molecule has 2 amide bonds. The van der Waals surface area contributed by atoms with Crippen LogP contribution in [0.2, 0.25) is 0 Å². The Bertz CT molecular complexity index is 1080. The van der Waals surface area contributed by atoms with Crippen molar-refractivity contribution in [3.8, 4) is 0 Å². The Balaban J connectivity index is 1.77. The Hall–Kier alpha value is -3.96. The highest BCUT2D eigenvalue weighted by atomic mass is 16.6. The second kappa shape index (κ2) is 9.96. The first kappa shape index (κ1) is 26.6. The van der Waals surface area contributed by atoms with Crippen molar-refractivity contribution in [3.05, 3.63) is 52.6 Å². The average molecular weight is 504 g/mol. The van der Waals surface area contributed by atoms with Crippen LogP contribution in [0.15, 0.2) is 36.9 Å². The molecular weight excluding hydrogens is 474 g/mol. The molecule has 0 aromatic heterocycles. The van der Waals surface area contributed by atoms with Crippen LogP contribution in [0.5, 0.6) is 0 Å². The Morgan fingerprint density at radius 3 is 2.36 bits per heavy atom. The van der Waals surface area contributed by atoms with Crippen LogP contribution in [0.25, 0.3) is 0 Å². The minimum Gasteiger partial charge on any atom is -0.467 e. The molecular formula is C24H29N3O9. The van der Waals surface area contributed by atoms with Gasteiger partial charge in [-0.2, -0.15) is 0 Å². The van der Waals surface area contributed by atoms with Gasteiger partial charge in [0.05, 0.1) is 24.1 Å². The number of hydrogen-bond donors (Lipinski definition) is 1. The highest BCUT2D eigenvalue weighted by molar-refractivity contribution is 5.95. The maximum Gasteiger partial charge on any atom is 0.411 e. The van der Waals surface area contributed by atoms with E-state index >= 15 is 0 Å². The summed E-state index contributed by atoms with van der Waals surface area (Å²) in [6, 6.07) is 3.78. The summed E-state index contributed by atoms with van der Waals surface area (Å²) in [7, 11) is 1.21. The average Bonchev–Trinajstić information content (AvgIpc) is 3.36. The molecule has 1 aromatic rings. The molecule has 4 atom stereocenters. The summed E-state index contributed by atoms with van der Waals surface area (Å²) >= 11 is 0. The number of ether oxygens (including phenoxy) is 3. The molecule has 0 radical (unpaired) electrons. The minimum absolute atomic E-state index is 0.0419. The summed E-state index contributed by atoms with van der Waals surface area (Å²) in [4.78, 5) is 62.5. The molecule has 1 N–H and O–H groups in total. The van der Waals surface area contributed by atoms with E-state index in [9.17, 15) is 29.3 Å². The van der Waals surface area contributed by atoms with Gasteiger partial charge in [-0.1, -0.05) is 6.08 Å². The normalized spacial score (nSPS) is 24.9. The zero-order chi connectivity index (χ0) is 26.8. The van der Waals surface area contributed by atoms with Gasteiger partial charge in [-0.05, 0) is 39.3 Å². The largest absolute Gasteiger partial charge is 0.467 e. The van der Waals surface area contributed by atoms with Crippen molar-refractivity contribution in [1.29, 1.82) is 0 Å². The summed E-state index contributed by atoms with van der Waals surface area (Å²) in [5.41, 5.74) is -2.21. The number of hydrogen-bond acceptors (Lipinski definition) is 9. The smallest absolute Gasteiger partial charge is 0.411 e. The number of nitrogens with one attached hydrogen (secondary N) is 1. The van der Waals surface area contributed by atoms with Crippen LogP contribution in [-0.4, -0.2) is 70.7 Å². The third-order valence-corrected chi connectivity index (χ3v) is 5.98. The summed E-state index contributed by atoms with van der Waals surface area (Å²) < 4.78 is 15.8. The molecule has 1 heterocycles. The predicted molar refractivity (Wildman–Crippen MR) is 125 cm³/mol. The minimum atomic E-state index is -1.26. The lowest BCUT2D eigenvalue weighted by Crippen LogP contribution is -2.53. The highest BCUT2D eigenvalue weighted by Gasteiger charge is 2.62. The van der Waals surface area contributed by atoms with Gasteiger partial charge >= 0.3 is 18.0 Å². The van der Waals surface area contributed by atoms with Gasteiger partial charge in [0.25, 0.3) is 5.69 Å². The topological polar surface area (TPSA) is 154 Å². The predicted octanol–water partition coefficient (Wildman–Crippen LogP) is 2.36. The van der Waals surface area contributed by atoms with Gasteiger partial charge < -0.3 is 19.5 Å². The van der Waals surface area contributed by atoms with Crippen LogP contribution in [0.4, 0.5) is 10.5 Å². The lowest BCUT2D eigenvalue weighted by molar-refractivity contribution is -0.384. The first-order valence-electron chi connectivity index (χ1n) is 11.3. The van der Waals surface area contributed by atoms with E-state index in [0.717, 1.165) is 4.90 Å². The number of non-ortho nitro benzene ring substituents is 1. The van der Waals surface area contributed by atoms with E-state index in [1.54, 1.807) is 26.8 Å². The standard InChI is InChI=1S/C24H29N3O9/c1-6-15-12-24(15,21(30)34-5)25-19(28)18-11-17(13-26(18)22(31)36-23(2,3)4)35-20(29)14-7-9-16(10-8-14)27(32)33/h6-10,15,17-18H,1,11-13H2,2-5H3,(H,25,28)/t15-,17?,18+,24-/m1/s1. The molecule has 36 heavy (non-hydrogen) atoms. The number of likely N-dealkylation sites (tertiary alicyclic amines) is 1. The molecule has 1 aromatic carbocycles. The van der Waals surface area contributed by atoms with E-state index in [2.05, 4.69) is 11.9 Å². The number of benzene rings is 1. The van der Waals surface area contributed by atoms with Crippen LogP contribution >= 0.6 is 0 Å². The second-order valence-electron chi connectivity index (χ2n) is 9.71. The number of rotatable bonds is 7. The molecule has 12 nitrogen and oxygen atoms in total. The monoisotopic (exact) mass is 503 g/mol. The van der Waals surface area contributed by atoms with Crippen molar-refractivity contribution < 1.29 is 38.3 Å². The molecule has 0 spiro atoms. The summed E-state index contributed by atoms with van der Waals surface area (Å²) in [6.07, 6.45) is 0.178. The zero-order valence-corrected chi connectivity index (χ0v) is 20.5. The van der Waals surface area contributed by atoms with Crippen molar-refractivity contribution in [2.45, 2.75) is 56.9 Å². The van der Waals surface area contributed by atoms with E-state index in [-0.39, 0.29) is 30.1 Å². The van der Waals surface area contributed by atoms with E-state index in [1.807, 2.05) is 0 Å². The lowest BCUT2D eigenvalue weighted by Gasteiger charge is -2.28. The summed E-state index contributed by atoms with van der Waals surface area (Å²) in [6.45, 7) is 8.57. The van der Waals surface area contributed by atoms with Gasteiger partial charge in [0, 0.05) is 24.5 Å². The number of carbonyl (C=O) groups excluding carboxylic acids is 4. The number of esters is 2. The van der Waals surface area contributed by atoms with Gasteiger partial charge in [-0.25, -0.2) is 14.4 Å². The van der Waals surface area contributed by atoms with Crippen LogP contribution in [0.1, 0.15) is 44.0 Å². The molecule has 1 aliphatic heterocycles. The Kier molecular flexibility index (Phi) is 7.37. The van der Waals surface area contributed by atoms with E-state index in [4.69, 9.17) is 14.2 Å². The van der Waals surface area contributed by atoms with Gasteiger partial charge in [0.15, 0.2) is 0 Å². The highest BCUT2D eigenvalue weighted by Crippen LogP contribution is 2.45. The number of nitro groups is 1. The molecule has 1 aliphatic carbocycles. The first-order chi connectivity index (χ1) is 16.8. The van der Waals surface area contributed by atoms with Gasteiger partial charge in [-0.3, -0.25) is 19.8 Å². The molecule has 2 fully saturated rings. The van der Waals surface area contributed by atoms with Crippen LogP contribution in [0, 0.1) is 16.0 Å². The van der Waals surface area contributed by atoms with Crippen molar-refractivity contribution in [2.24, 2.45) is 5.92 Å². The number of nitro benzene ring substituents is 1. The molecule has 2 aliphatic rings. The fourth-order valence-electron chi connectivity index (χ4n) is 4.08. The van der Waals surface area contributed by atoms with Crippen molar-refractivity contribution >= 4 is 29.6 Å². The molecule has 1 saturated carbocycles. The molecule has 1 unspecified atom stereocenters. The molecule has 194 valence electrons.